The van der Waals surface area contributed by atoms with Crippen LogP contribution < -0.4 is 15.0 Å². The summed E-state index contributed by atoms with van der Waals surface area (Å²) in [5, 5.41) is 2.86. The maximum Gasteiger partial charge on any atom is 0.255 e. The highest BCUT2D eigenvalue weighted by Crippen LogP contribution is 2.34. The quantitative estimate of drug-likeness (QED) is 0.647. The van der Waals surface area contributed by atoms with Gasteiger partial charge in [-0.15, -0.1) is 0 Å². The minimum Gasteiger partial charge on any atom is -0.497 e. The highest BCUT2D eigenvalue weighted by Gasteiger charge is 2.32. The number of rotatable bonds is 6. The Morgan fingerprint density at radius 1 is 0.912 bits per heavy atom. The lowest BCUT2D eigenvalue weighted by Gasteiger charge is -2.35. The molecule has 2 fully saturated rings. The fraction of sp³-hybridized carbons (Fsp3) is 0.500. The summed E-state index contributed by atoms with van der Waals surface area (Å²) < 4.78 is 34.3. The first-order valence-electron chi connectivity index (χ1n) is 12.1. The minimum atomic E-state index is -3.72. The molecule has 0 unspecified atom stereocenters. The summed E-state index contributed by atoms with van der Waals surface area (Å²) in [6.07, 6.45) is 3.77. The minimum absolute atomic E-state index is 0.235. The molecule has 2 aliphatic heterocycles. The monoisotopic (exact) mass is 485 g/mol. The van der Waals surface area contributed by atoms with Crippen LogP contribution in [0.5, 0.6) is 5.75 Å². The smallest absolute Gasteiger partial charge is 0.255 e. The van der Waals surface area contributed by atoms with Crippen LogP contribution >= 0.6 is 0 Å². The van der Waals surface area contributed by atoms with Crippen molar-refractivity contribution in [3.63, 3.8) is 0 Å². The Morgan fingerprint density at radius 2 is 1.50 bits per heavy atom. The lowest BCUT2D eigenvalue weighted by Crippen LogP contribution is -2.39. The molecular weight excluding hydrogens is 450 g/mol. The van der Waals surface area contributed by atoms with Gasteiger partial charge in [-0.05, 0) is 80.0 Å². The van der Waals surface area contributed by atoms with Gasteiger partial charge >= 0.3 is 0 Å². The lowest BCUT2D eigenvalue weighted by atomic mass is 9.98. The van der Waals surface area contributed by atoms with Gasteiger partial charge in [0, 0.05) is 37.4 Å². The van der Waals surface area contributed by atoms with Gasteiger partial charge in [0.15, 0.2) is 0 Å². The molecule has 0 saturated carbocycles. The molecule has 7 nitrogen and oxygen atoms in total. The molecule has 2 aliphatic rings. The number of nitrogens with one attached hydrogen (secondary N) is 1. The van der Waals surface area contributed by atoms with Gasteiger partial charge in [0.25, 0.3) is 5.91 Å². The summed E-state index contributed by atoms with van der Waals surface area (Å²) >= 11 is 0. The number of carbonyl (C=O) groups excluding carboxylic acids is 1. The summed E-state index contributed by atoms with van der Waals surface area (Å²) in [5.74, 6) is 1.51. The van der Waals surface area contributed by atoms with E-state index in [0.29, 0.717) is 47.6 Å². The molecular formula is C26H35N3O4S. The first kappa shape index (κ1) is 24.5. The summed E-state index contributed by atoms with van der Waals surface area (Å²) in [7, 11) is -2.14. The summed E-state index contributed by atoms with van der Waals surface area (Å²) in [6, 6.07) is 12.1. The van der Waals surface area contributed by atoms with Crippen molar-refractivity contribution in [1.82, 2.24) is 4.31 Å². The predicted molar refractivity (Wildman–Crippen MR) is 135 cm³/mol. The first-order valence-corrected chi connectivity index (χ1v) is 13.6. The number of piperidine rings is 2. The van der Waals surface area contributed by atoms with E-state index in [9.17, 15) is 13.2 Å². The van der Waals surface area contributed by atoms with Crippen LogP contribution in [0.15, 0.2) is 47.4 Å². The van der Waals surface area contributed by atoms with Crippen molar-refractivity contribution in [2.75, 3.05) is 43.5 Å². The average Bonchev–Trinajstić information content (AvgIpc) is 2.85. The fourth-order valence-corrected chi connectivity index (χ4v) is 6.32. The van der Waals surface area contributed by atoms with E-state index in [2.05, 4.69) is 24.1 Å². The standard InChI is InChI=1S/C26H35N3O4S/c1-19-10-14-28(15-11-19)24-9-4-21(26(30)27-22-5-7-23(33-3)8-6-22)18-25(24)34(31,32)29-16-12-20(2)13-17-29/h4-9,18-20H,10-17H2,1-3H3,(H,27,30). The highest BCUT2D eigenvalue weighted by molar-refractivity contribution is 7.89. The van der Waals surface area contributed by atoms with Crippen LogP contribution in [0.25, 0.3) is 0 Å². The molecule has 0 aliphatic carbocycles. The second-order valence-electron chi connectivity index (χ2n) is 9.62. The Labute approximate surface area is 203 Å². The van der Waals surface area contributed by atoms with E-state index in [0.717, 1.165) is 38.8 Å². The van der Waals surface area contributed by atoms with E-state index in [-0.39, 0.29) is 10.8 Å². The van der Waals surface area contributed by atoms with Crippen molar-refractivity contribution >= 4 is 27.3 Å². The largest absolute Gasteiger partial charge is 0.497 e. The molecule has 0 spiro atoms. The molecule has 184 valence electrons. The number of amides is 1. The summed E-state index contributed by atoms with van der Waals surface area (Å²) in [4.78, 5) is 15.4. The number of methoxy groups -OCH3 is 1. The molecule has 4 rings (SSSR count). The number of benzene rings is 2. The average molecular weight is 486 g/mol. The zero-order valence-electron chi connectivity index (χ0n) is 20.3. The summed E-state index contributed by atoms with van der Waals surface area (Å²) in [5.41, 5.74) is 1.65. The Balaban J connectivity index is 1.65. The van der Waals surface area contributed by atoms with Gasteiger partial charge in [0.05, 0.1) is 12.8 Å². The molecule has 2 aromatic rings. The van der Waals surface area contributed by atoms with Gasteiger partial charge in [-0.3, -0.25) is 4.79 Å². The Hall–Kier alpha value is -2.58. The van der Waals surface area contributed by atoms with Crippen molar-refractivity contribution in [2.45, 2.75) is 44.4 Å². The van der Waals surface area contributed by atoms with Crippen LogP contribution in [0.1, 0.15) is 49.9 Å². The van der Waals surface area contributed by atoms with Crippen LogP contribution in [0.4, 0.5) is 11.4 Å². The van der Waals surface area contributed by atoms with Crippen molar-refractivity contribution in [3.05, 3.63) is 48.0 Å². The SMILES string of the molecule is COc1ccc(NC(=O)c2ccc(N3CCC(C)CC3)c(S(=O)(=O)N3CCC(C)CC3)c2)cc1. The molecule has 34 heavy (non-hydrogen) atoms. The van der Waals surface area contributed by atoms with E-state index in [1.54, 1.807) is 53.9 Å². The molecule has 2 heterocycles. The molecule has 0 aromatic heterocycles. The number of sulfonamides is 1. The molecule has 0 atom stereocenters. The third-order valence-electron chi connectivity index (χ3n) is 7.05. The second kappa shape index (κ2) is 10.4. The van der Waals surface area contributed by atoms with Crippen LogP contribution in [0, 0.1) is 11.8 Å². The van der Waals surface area contributed by atoms with Crippen molar-refractivity contribution in [1.29, 1.82) is 0 Å². The number of hydrogen-bond donors (Lipinski definition) is 1. The molecule has 2 saturated heterocycles. The lowest BCUT2D eigenvalue weighted by molar-refractivity contribution is 0.102. The van der Waals surface area contributed by atoms with Gasteiger partial charge in [-0.2, -0.15) is 4.31 Å². The van der Waals surface area contributed by atoms with Gasteiger partial charge in [0.2, 0.25) is 10.0 Å². The maximum absolute atomic E-state index is 13.8. The molecule has 0 radical (unpaired) electrons. The molecule has 0 bridgehead atoms. The van der Waals surface area contributed by atoms with E-state index in [1.807, 2.05) is 0 Å². The number of ether oxygens (including phenoxy) is 1. The number of hydrogen-bond acceptors (Lipinski definition) is 5. The van der Waals surface area contributed by atoms with Gasteiger partial charge in [0.1, 0.15) is 10.6 Å². The Morgan fingerprint density at radius 3 is 2.09 bits per heavy atom. The number of nitrogens with zero attached hydrogens (tertiary/aromatic N) is 2. The van der Waals surface area contributed by atoms with E-state index in [4.69, 9.17) is 4.74 Å². The summed E-state index contributed by atoms with van der Waals surface area (Å²) in [6.45, 7) is 7.06. The maximum atomic E-state index is 13.8. The molecule has 1 amide bonds. The van der Waals surface area contributed by atoms with Gasteiger partial charge in [-0.1, -0.05) is 13.8 Å². The third kappa shape index (κ3) is 5.39. The number of anilines is 2. The predicted octanol–water partition coefficient (Wildman–Crippen LogP) is 4.60. The van der Waals surface area contributed by atoms with Crippen molar-refractivity contribution in [3.8, 4) is 5.75 Å². The van der Waals surface area contributed by atoms with Gasteiger partial charge in [-0.25, -0.2) is 8.42 Å². The zero-order valence-corrected chi connectivity index (χ0v) is 21.1. The normalized spacial score (nSPS) is 18.6. The Kier molecular flexibility index (Phi) is 7.48. The van der Waals surface area contributed by atoms with Crippen molar-refractivity contribution in [2.24, 2.45) is 11.8 Å². The topological polar surface area (TPSA) is 79.0 Å². The van der Waals surface area contributed by atoms with E-state index in [1.165, 1.54) is 0 Å². The van der Waals surface area contributed by atoms with Gasteiger partial charge < -0.3 is 15.0 Å². The fourth-order valence-electron chi connectivity index (χ4n) is 4.61. The van der Waals surface area contributed by atoms with Crippen LogP contribution in [0.2, 0.25) is 0 Å². The highest BCUT2D eigenvalue weighted by atomic mass is 32.2. The second-order valence-corrected chi connectivity index (χ2v) is 11.5. The molecule has 8 heteroatoms. The van der Waals surface area contributed by atoms with Crippen LogP contribution in [-0.4, -0.2) is 51.9 Å². The first-order chi connectivity index (χ1) is 16.3. The van der Waals surface area contributed by atoms with E-state index >= 15 is 0 Å². The number of carbonyl (C=O) groups is 1. The molecule has 2 aromatic carbocycles. The molecule has 1 N–H and O–H groups in total. The zero-order chi connectivity index (χ0) is 24.3. The Bertz CT molecular complexity index is 1100. The van der Waals surface area contributed by atoms with Crippen molar-refractivity contribution < 1.29 is 17.9 Å². The third-order valence-corrected chi connectivity index (χ3v) is 8.98. The van der Waals surface area contributed by atoms with Crippen LogP contribution in [-0.2, 0) is 10.0 Å². The van der Waals surface area contributed by atoms with E-state index < -0.39 is 10.0 Å². The van der Waals surface area contributed by atoms with Crippen LogP contribution in [0.3, 0.4) is 0 Å².